The summed E-state index contributed by atoms with van der Waals surface area (Å²) in [5, 5.41) is 3.40. The summed E-state index contributed by atoms with van der Waals surface area (Å²) in [5.41, 5.74) is 4.04. The SMILES string of the molecule is Cc1ccc(C(=O)Nc2ccc(N3CCCCCC3)nc2)c(Cl)c1-c1ccccc1. The first-order valence-electron chi connectivity index (χ1n) is 10.5. The van der Waals surface area contributed by atoms with E-state index >= 15 is 0 Å². The van der Waals surface area contributed by atoms with Crippen LogP contribution >= 0.6 is 11.6 Å². The average molecular weight is 420 g/mol. The number of amides is 1. The molecule has 1 aromatic heterocycles. The standard InChI is InChI=1S/C25H26ClN3O/c1-18-11-13-21(24(26)23(18)19-9-5-4-6-10-19)25(30)28-20-12-14-22(27-17-20)29-15-7-2-3-8-16-29/h4-6,9-14,17H,2-3,7-8,15-16H2,1H3,(H,28,30). The Balaban J connectivity index is 1.53. The normalized spacial score (nSPS) is 14.3. The Bertz CT molecular complexity index is 1010. The Hall–Kier alpha value is -2.85. The number of hydrogen-bond donors (Lipinski definition) is 1. The van der Waals surface area contributed by atoms with Gasteiger partial charge >= 0.3 is 0 Å². The van der Waals surface area contributed by atoms with Crippen LogP contribution in [0.4, 0.5) is 11.5 Å². The van der Waals surface area contributed by atoms with E-state index in [9.17, 15) is 4.79 Å². The Labute approximate surface area is 182 Å². The predicted octanol–water partition coefficient (Wildman–Crippen LogP) is 6.34. The molecule has 0 aliphatic carbocycles. The molecule has 5 heteroatoms. The second kappa shape index (κ2) is 9.31. The molecule has 1 amide bonds. The lowest BCUT2D eigenvalue weighted by molar-refractivity contribution is 0.102. The van der Waals surface area contributed by atoms with Gasteiger partial charge in [0.25, 0.3) is 5.91 Å². The van der Waals surface area contributed by atoms with Gasteiger partial charge in [0.05, 0.1) is 22.5 Å². The Morgan fingerprint density at radius 2 is 1.70 bits per heavy atom. The van der Waals surface area contributed by atoms with Crippen LogP contribution in [0.1, 0.15) is 41.6 Å². The number of anilines is 2. The van der Waals surface area contributed by atoms with Crippen LogP contribution in [0, 0.1) is 6.92 Å². The quantitative estimate of drug-likeness (QED) is 0.536. The summed E-state index contributed by atoms with van der Waals surface area (Å²) in [6.45, 7) is 4.08. The number of carbonyl (C=O) groups is 1. The van der Waals surface area contributed by atoms with Crippen LogP contribution in [0.2, 0.25) is 5.02 Å². The number of rotatable bonds is 4. The number of hydrogen-bond acceptors (Lipinski definition) is 3. The molecule has 154 valence electrons. The fourth-order valence-electron chi connectivity index (χ4n) is 3.95. The highest BCUT2D eigenvalue weighted by Crippen LogP contribution is 2.34. The van der Waals surface area contributed by atoms with Crippen molar-refractivity contribution in [3.05, 3.63) is 76.9 Å². The van der Waals surface area contributed by atoms with Crippen molar-refractivity contribution >= 4 is 29.0 Å². The fraction of sp³-hybridized carbons (Fsp3) is 0.280. The lowest BCUT2D eigenvalue weighted by Gasteiger charge is -2.21. The molecule has 1 aliphatic rings. The lowest BCUT2D eigenvalue weighted by atomic mass is 9.97. The number of nitrogens with one attached hydrogen (secondary N) is 1. The van der Waals surface area contributed by atoms with Gasteiger partial charge in [-0.15, -0.1) is 0 Å². The zero-order chi connectivity index (χ0) is 20.9. The van der Waals surface area contributed by atoms with E-state index in [4.69, 9.17) is 11.6 Å². The van der Waals surface area contributed by atoms with Crippen molar-refractivity contribution in [2.75, 3.05) is 23.3 Å². The summed E-state index contributed by atoms with van der Waals surface area (Å²) in [6, 6.07) is 17.5. The van der Waals surface area contributed by atoms with Gasteiger partial charge in [0.2, 0.25) is 0 Å². The molecule has 4 rings (SSSR count). The van der Waals surface area contributed by atoms with Crippen LogP contribution in [0.15, 0.2) is 60.8 Å². The van der Waals surface area contributed by atoms with Gasteiger partial charge in [-0.3, -0.25) is 4.79 Å². The van der Waals surface area contributed by atoms with Crippen LogP contribution in [0.3, 0.4) is 0 Å². The number of aryl methyl sites for hydroxylation is 1. The summed E-state index contributed by atoms with van der Waals surface area (Å²) in [5.74, 6) is 0.733. The first-order valence-corrected chi connectivity index (χ1v) is 10.9. The molecular weight excluding hydrogens is 394 g/mol. The van der Waals surface area contributed by atoms with Crippen LogP contribution in [0.25, 0.3) is 11.1 Å². The summed E-state index contributed by atoms with van der Waals surface area (Å²) < 4.78 is 0. The lowest BCUT2D eigenvalue weighted by Crippen LogP contribution is -2.24. The monoisotopic (exact) mass is 419 g/mol. The van der Waals surface area contributed by atoms with E-state index in [1.807, 2.05) is 55.5 Å². The summed E-state index contributed by atoms with van der Waals surface area (Å²) in [6.07, 6.45) is 6.70. The van der Waals surface area contributed by atoms with Crippen molar-refractivity contribution in [3.8, 4) is 11.1 Å². The molecule has 4 nitrogen and oxygen atoms in total. The zero-order valence-electron chi connectivity index (χ0n) is 17.2. The summed E-state index contributed by atoms with van der Waals surface area (Å²) >= 11 is 6.67. The molecule has 1 aliphatic heterocycles. The predicted molar refractivity (Wildman–Crippen MR) is 124 cm³/mol. The summed E-state index contributed by atoms with van der Waals surface area (Å²) in [7, 11) is 0. The van der Waals surface area contributed by atoms with Crippen molar-refractivity contribution in [3.63, 3.8) is 0 Å². The minimum Gasteiger partial charge on any atom is -0.357 e. The highest BCUT2D eigenvalue weighted by atomic mass is 35.5. The number of nitrogens with zero attached hydrogens (tertiary/aromatic N) is 2. The second-order valence-corrected chi connectivity index (χ2v) is 8.12. The van der Waals surface area contributed by atoms with E-state index in [0.29, 0.717) is 16.3 Å². The van der Waals surface area contributed by atoms with Gasteiger partial charge in [-0.05, 0) is 49.1 Å². The van der Waals surface area contributed by atoms with Gasteiger partial charge in [0.1, 0.15) is 5.82 Å². The first kappa shape index (κ1) is 20.4. The topological polar surface area (TPSA) is 45.2 Å². The van der Waals surface area contributed by atoms with Crippen molar-refractivity contribution in [1.82, 2.24) is 4.98 Å². The molecule has 1 saturated heterocycles. The molecule has 0 atom stereocenters. The maximum absolute atomic E-state index is 12.9. The number of carbonyl (C=O) groups excluding carboxylic acids is 1. The third-order valence-corrected chi connectivity index (χ3v) is 5.99. The van der Waals surface area contributed by atoms with E-state index in [1.54, 1.807) is 12.3 Å². The van der Waals surface area contributed by atoms with E-state index in [0.717, 1.165) is 35.6 Å². The van der Waals surface area contributed by atoms with Crippen molar-refractivity contribution in [1.29, 1.82) is 0 Å². The maximum Gasteiger partial charge on any atom is 0.257 e. The molecule has 3 aromatic rings. The van der Waals surface area contributed by atoms with E-state index < -0.39 is 0 Å². The molecule has 2 heterocycles. The van der Waals surface area contributed by atoms with Gasteiger partial charge < -0.3 is 10.2 Å². The minimum atomic E-state index is -0.235. The minimum absolute atomic E-state index is 0.235. The zero-order valence-corrected chi connectivity index (χ0v) is 18.0. The second-order valence-electron chi connectivity index (χ2n) is 7.75. The molecule has 2 aromatic carbocycles. The average Bonchev–Trinajstić information content (AvgIpc) is 3.05. The number of halogens is 1. The maximum atomic E-state index is 12.9. The van der Waals surface area contributed by atoms with Crippen LogP contribution in [-0.4, -0.2) is 24.0 Å². The molecule has 1 N–H and O–H groups in total. The largest absolute Gasteiger partial charge is 0.357 e. The summed E-state index contributed by atoms with van der Waals surface area (Å²) in [4.78, 5) is 19.8. The Morgan fingerprint density at radius 3 is 2.37 bits per heavy atom. The highest BCUT2D eigenvalue weighted by molar-refractivity contribution is 6.37. The van der Waals surface area contributed by atoms with Gasteiger partial charge in [-0.2, -0.15) is 0 Å². The Kier molecular flexibility index (Phi) is 6.34. The molecule has 1 fully saturated rings. The Morgan fingerprint density at radius 1 is 0.967 bits per heavy atom. The molecule has 0 spiro atoms. The fourth-order valence-corrected chi connectivity index (χ4v) is 4.36. The molecule has 0 unspecified atom stereocenters. The van der Waals surface area contributed by atoms with Crippen LogP contribution in [0.5, 0.6) is 0 Å². The van der Waals surface area contributed by atoms with E-state index in [-0.39, 0.29) is 5.91 Å². The van der Waals surface area contributed by atoms with E-state index in [2.05, 4.69) is 15.2 Å². The third kappa shape index (κ3) is 4.49. The van der Waals surface area contributed by atoms with E-state index in [1.165, 1.54) is 25.7 Å². The smallest absolute Gasteiger partial charge is 0.257 e. The first-order chi connectivity index (χ1) is 14.6. The highest BCUT2D eigenvalue weighted by Gasteiger charge is 2.17. The van der Waals surface area contributed by atoms with Crippen LogP contribution in [-0.2, 0) is 0 Å². The molecular formula is C25H26ClN3O. The van der Waals surface area contributed by atoms with Gasteiger partial charge in [0, 0.05) is 18.7 Å². The van der Waals surface area contributed by atoms with Crippen molar-refractivity contribution in [2.45, 2.75) is 32.6 Å². The third-order valence-electron chi connectivity index (χ3n) is 5.59. The van der Waals surface area contributed by atoms with Gasteiger partial charge in [-0.25, -0.2) is 4.98 Å². The molecule has 0 saturated carbocycles. The number of pyridine rings is 1. The number of aromatic nitrogens is 1. The number of benzene rings is 2. The van der Waals surface area contributed by atoms with Crippen LogP contribution < -0.4 is 10.2 Å². The molecule has 0 radical (unpaired) electrons. The molecule has 30 heavy (non-hydrogen) atoms. The van der Waals surface area contributed by atoms with Crippen molar-refractivity contribution < 1.29 is 4.79 Å². The van der Waals surface area contributed by atoms with Gasteiger partial charge in [0.15, 0.2) is 0 Å². The molecule has 0 bridgehead atoms. The van der Waals surface area contributed by atoms with Crippen molar-refractivity contribution in [2.24, 2.45) is 0 Å². The van der Waals surface area contributed by atoms with Gasteiger partial charge in [-0.1, -0.05) is 60.8 Å².